The van der Waals surface area contributed by atoms with Crippen LogP contribution in [0.4, 0.5) is 0 Å². The van der Waals surface area contributed by atoms with E-state index in [2.05, 4.69) is 9.84 Å². The fourth-order valence-corrected chi connectivity index (χ4v) is 2.82. The van der Waals surface area contributed by atoms with Gasteiger partial charge in [-0.15, -0.1) is 4.52 Å². The van der Waals surface area contributed by atoms with Crippen LogP contribution in [0.15, 0.2) is 0 Å². The lowest BCUT2D eigenvalue weighted by atomic mass is 9.96. The second-order valence-electron chi connectivity index (χ2n) is 5.55. The lowest BCUT2D eigenvalue weighted by Gasteiger charge is -2.43. The highest BCUT2D eigenvalue weighted by molar-refractivity contribution is 7.30. The Morgan fingerprint density at radius 3 is 2.00 bits per heavy atom. The van der Waals surface area contributed by atoms with E-state index in [1.807, 2.05) is 0 Å². The number of carbonyl (C=O) groups excluding carboxylic acids is 4. The van der Waals surface area contributed by atoms with Crippen LogP contribution in [-0.4, -0.2) is 61.1 Å². The molecule has 27 heavy (non-hydrogen) atoms. The first-order chi connectivity index (χ1) is 12.5. The summed E-state index contributed by atoms with van der Waals surface area (Å²) in [4.78, 5) is 56.6. The number of amides is 1. The SMILES string of the molecule is CC(=O)N[C@H]1C(O[P+](=O)[O-])O[C@H](COC(C)=O)[C@@H](OC(C)=O)[C@@H]1OC(C)=O. The molecule has 0 radical (unpaired) electrons. The van der Waals surface area contributed by atoms with E-state index in [1.54, 1.807) is 0 Å². The Kier molecular flexibility index (Phi) is 8.70. The average molecular weight is 409 g/mol. The molecule has 1 aliphatic heterocycles. The molecular weight excluding hydrogens is 389 g/mol. The standard InChI is InChI=1S/C14H20NO11P/c1-6(16)15-11-13(24-9(4)19)12(23-8(3)18)10(5-22-7(2)17)25-14(11)26-27(20)21/h10-14H,5H2,1-4H3,(H,15,16)/t10-,11-,12-,13-,14?/m1/s1. The van der Waals surface area contributed by atoms with E-state index < -0.39 is 69.3 Å². The normalized spacial score (nSPS) is 27.9. The minimum Gasteiger partial charge on any atom is -0.566 e. The van der Waals surface area contributed by atoms with Gasteiger partial charge in [0.1, 0.15) is 18.8 Å². The molecule has 1 amide bonds. The van der Waals surface area contributed by atoms with Crippen molar-refractivity contribution in [3.05, 3.63) is 0 Å². The van der Waals surface area contributed by atoms with E-state index in [0.29, 0.717) is 0 Å². The molecule has 0 spiro atoms. The minimum atomic E-state index is -3.42. The lowest BCUT2D eigenvalue weighted by molar-refractivity contribution is -0.271. The third-order valence-corrected chi connectivity index (χ3v) is 3.64. The molecule has 12 nitrogen and oxygen atoms in total. The van der Waals surface area contributed by atoms with E-state index in [9.17, 15) is 28.6 Å². The maximum Gasteiger partial charge on any atom is 0.491 e. The number of esters is 3. The molecule has 152 valence electrons. The molecule has 0 saturated carbocycles. The van der Waals surface area contributed by atoms with Gasteiger partial charge in [-0.25, -0.2) is 0 Å². The molecule has 1 rings (SSSR count). The molecule has 0 aromatic rings. The van der Waals surface area contributed by atoms with Gasteiger partial charge in [-0.2, -0.15) is 0 Å². The smallest absolute Gasteiger partial charge is 0.491 e. The Hall–Kier alpha value is -2.14. The minimum absolute atomic E-state index is 0.451. The van der Waals surface area contributed by atoms with Gasteiger partial charge in [0, 0.05) is 27.7 Å². The van der Waals surface area contributed by atoms with Gasteiger partial charge in [-0.3, -0.25) is 19.2 Å². The molecule has 1 fully saturated rings. The zero-order chi connectivity index (χ0) is 20.7. The van der Waals surface area contributed by atoms with Gasteiger partial charge in [0.25, 0.3) is 0 Å². The molecule has 1 N–H and O–H groups in total. The molecule has 0 aromatic heterocycles. The van der Waals surface area contributed by atoms with Gasteiger partial charge in [0.2, 0.25) is 12.2 Å². The fourth-order valence-electron chi connectivity index (χ4n) is 2.47. The quantitative estimate of drug-likeness (QED) is 0.301. The predicted molar refractivity (Wildman–Crippen MR) is 82.7 cm³/mol. The Morgan fingerprint density at radius 1 is 1.00 bits per heavy atom. The number of ether oxygens (including phenoxy) is 4. The third-order valence-electron chi connectivity index (χ3n) is 3.26. The van der Waals surface area contributed by atoms with E-state index in [1.165, 1.54) is 0 Å². The molecule has 0 aliphatic carbocycles. The summed E-state index contributed by atoms with van der Waals surface area (Å²) >= 11 is 0. The molecule has 1 heterocycles. The van der Waals surface area contributed by atoms with Crippen molar-refractivity contribution in [1.82, 2.24) is 5.32 Å². The first-order valence-electron chi connectivity index (χ1n) is 7.72. The number of rotatable bonds is 7. The number of hydrogen-bond acceptors (Lipinski definition) is 11. The third kappa shape index (κ3) is 7.55. The van der Waals surface area contributed by atoms with Crippen LogP contribution in [0, 0.1) is 0 Å². The summed E-state index contributed by atoms with van der Waals surface area (Å²) in [5.41, 5.74) is 0. The molecule has 13 heteroatoms. The topological polar surface area (TPSA) is 167 Å². The first kappa shape index (κ1) is 22.9. The fraction of sp³-hybridized carbons (Fsp3) is 0.714. The number of nitrogens with one attached hydrogen (secondary N) is 1. The zero-order valence-corrected chi connectivity index (χ0v) is 15.9. The molecule has 6 atom stereocenters. The molecule has 1 aliphatic rings. The van der Waals surface area contributed by atoms with Gasteiger partial charge >= 0.3 is 26.2 Å². The first-order valence-corrected chi connectivity index (χ1v) is 8.82. The summed E-state index contributed by atoms with van der Waals surface area (Å²) in [6.07, 6.45) is -5.53. The number of hydrogen-bond donors (Lipinski definition) is 1. The highest BCUT2D eigenvalue weighted by Crippen LogP contribution is 2.31. The predicted octanol–water partition coefficient (Wildman–Crippen LogP) is -1.32. The molecule has 2 unspecified atom stereocenters. The second kappa shape index (κ2) is 10.3. The maximum absolute atomic E-state index is 11.5. The van der Waals surface area contributed by atoms with Gasteiger partial charge in [0.15, 0.2) is 12.2 Å². The average Bonchev–Trinajstić information content (AvgIpc) is 2.49. The monoisotopic (exact) mass is 409 g/mol. The van der Waals surface area contributed by atoms with Crippen molar-refractivity contribution in [3.8, 4) is 0 Å². The van der Waals surface area contributed by atoms with Crippen molar-refractivity contribution in [3.63, 3.8) is 0 Å². The summed E-state index contributed by atoms with van der Waals surface area (Å²) in [5, 5.41) is 2.35. The highest BCUT2D eigenvalue weighted by atomic mass is 31.1. The summed E-state index contributed by atoms with van der Waals surface area (Å²) < 4.78 is 36.2. The maximum atomic E-state index is 11.5. The van der Waals surface area contributed by atoms with Crippen LogP contribution in [0.1, 0.15) is 27.7 Å². The van der Waals surface area contributed by atoms with Crippen molar-refractivity contribution in [2.75, 3.05) is 6.61 Å². The summed E-state index contributed by atoms with van der Waals surface area (Å²) in [7, 11) is -3.42. The molecule has 0 aromatic carbocycles. The van der Waals surface area contributed by atoms with E-state index in [4.69, 9.17) is 18.9 Å². The van der Waals surface area contributed by atoms with E-state index in [0.717, 1.165) is 27.7 Å². The Morgan fingerprint density at radius 2 is 1.56 bits per heavy atom. The summed E-state index contributed by atoms with van der Waals surface area (Å²) in [5.74, 6) is -2.87. The van der Waals surface area contributed by atoms with Crippen LogP contribution in [0.25, 0.3) is 0 Å². The van der Waals surface area contributed by atoms with Crippen LogP contribution in [0.2, 0.25) is 0 Å². The van der Waals surface area contributed by atoms with Crippen LogP contribution >= 0.6 is 8.25 Å². The Balaban J connectivity index is 3.29. The van der Waals surface area contributed by atoms with Crippen LogP contribution in [0.3, 0.4) is 0 Å². The van der Waals surface area contributed by atoms with Gasteiger partial charge in [0.05, 0.1) is 0 Å². The Labute approximate surface area is 155 Å². The molecular formula is C14H20NO11P. The zero-order valence-electron chi connectivity index (χ0n) is 15.0. The van der Waals surface area contributed by atoms with E-state index >= 15 is 0 Å². The van der Waals surface area contributed by atoms with Gasteiger partial charge < -0.3 is 29.2 Å². The van der Waals surface area contributed by atoms with Crippen molar-refractivity contribution in [1.29, 1.82) is 0 Å². The Bertz CT molecular complexity index is 610. The van der Waals surface area contributed by atoms with Gasteiger partial charge in [-0.1, -0.05) is 0 Å². The second-order valence-corrected chi connectivity index (χ2v) is 6.21. The summed E-state index contributed by atoms with van der Waals surface area (Å²) in [6.45, 7) is 3.95. The molecule has 1 saturated heterocycles. The highest BCUT2D eigenvalue weighted by Gasteiger charge is 2.53. The van der Waals surface area contributed by atoms with Crippen molar-refractivity contribution >= 4 is 32.1 Å². The van der Waals surface area contributed by atoms with E-state index in [-0.39, 0.29) is 0 Å². The van der Waals surface area contributed by atoms with Crippen LogP contribution < -0.4 is 10.2 Å². The van der Waals surface area contributed by atoms with Crippen molar-refractivity contribution < 1.29 is 52.1 Å². The summed E-state index contributed by atoms with van der Waals surface area (Å²) in [6, 6.07) is -1.32. The number of carbonyl (C=O) groups is 4. The lowest BCUT2D eigenvalue weighted by Crippen LogP contribution is -2.66. The molecule has 0 bridgehead atoms. The van der Waals surface area contributed by atoms with Crippen LogP contribution in [-0.2, 0) is 47.2 Å². The van der Waals surface area contributed by atoms with Crippen LogP contribution in [0.5, 0.6) is 0 Å². The van der Waals surface area contributed by atoms with Gasteiger partial charge in [-0.05, 0) is 4.57 Å². The van der Waals surface area contributed by atoms with Crippen molar-refractivity contribution in [2.24, 2.45) is 0 Å². The van der Waals surface area contributed by atoms with Crippen molar-refractivity contribution in [2.45, 2.75) is 58.3 Å². The largest absolute Gasteiger partial charge is 0.566 e.